The van der Waals surface area contributed by atoms with Gasteiger partial charge in [-0.05, 0) is 24.1 Å². The molecule has 2 heterocycles. The summed E-state index contributed by atoms with van der Waals surface area (Å²) in [6.45, 7) is 3.23. The zero-order chi connectivity index (χ0) is 21.1. The number of carbonyl (C=O) groups excluding carboxylic acids is 1. The highest BCUT2D eigenvalue weighted by molar-refractivity contribution is 5.89. The summed E-state index contributed by atoms with van der Waals surface area (Å²) in [5, 5.41) is 3.04. The molecule has 154 valence electrons. The molecule has 6 heteroatoms. The van der Waals surface area contributed by atoms with Crippen molar-refractivity contribution in [3.05, 3.63) is 71.4 Å². The Morgan fingerprint density at radius 3 is 2.63 bits per heavy atom. The first-order valence-corrected chi connectivity index (χ1v) is 10.3. The third-order valence-electron chi connectivity index (χ3n) is 5.37. The van der Waals surface area contributed by atoms with Crippen LogP contribution in [0.4, 0.5) is 16.3 Å². The molecule has 1 N–H and O–H groups in total. The smallest absolute Gasteiger partial charge is 0.322 e. The van der Waals surface area contributed by atoms with Gasteiger partial charge in [-0.3, -0.25) is 0 Å². The molecule has 0 aliphatic carbocycles. The predicted octanol–water partition coefficient (Wildman–Crippen LogP) is 4.36. The minimum atomic E-state index is -0.0919. The molecule has 1 aliphatic heterocycles. The van der Waals surface area contributed by atoms with Gasteiger partial charge in [-0.2, -0.15) is 0 Å². The lowest BCUT2D eigenvalue weighted by Gasteiger charge is -2.31. The Balaban J connectivity index is 1.59. The Morgan fingerprint density at radius 2 is 1.90 bits per heavy atom. The van der Waals surface area contributed by atoms with Crippen molar-refractivity contribution in [2.45, 2.75) is 26.3 Å². The number of fused-ring (bicyclic) bond motifs is 1. The number of nitrogens with zero attached hydrogens (tertiary/aromatic N) is 4. The van der Waals surface area contributed by atoms with Crippen LogP contribution in [-0.4, -0.2) is 41.5 Å². The largest absolute Gasteiger partial charge is 0.362 e. The lowest BCUT2D eigenvalue weighted by molar-refractivity contribution is 0.206. The molecule has 0 radical (unpaired) electrons. The monoisotopic (exact) mass is 401 g/mol. The van der Waals surface area contributed by atoms with Gasteiger partial charge < -0.3 is 15.1 Å². The van der Waals surface area contributed by atoms with E-state index in [-0.39, 0.29) is 6.03 Å². The Kier molecular flexibility index (Phi) is 5.65. The lowest BCUT2D eigenvalue weighted by Crippen LogP contribution is -2.40. The lowest BCUT2D eigenvalue weighted by atomic mass is 10.1. The Hall–Kier alpha value is -3.41. The number of hydrogen-bond acceptors (Lipinski definition) is 4. The number of anilines is 2. The van der Waals surface area contributed by atoms with Gasteiger partial charge >= 0.3 is 6.03 Å². The van der Waals surface area contributed by atoms with Gasteiger partial charge in [0.25, 0.3) is 0 Å². The fourth-order valence-corrected chi connectivity index (χ4v) is 3.73. The highest BCUT2D eigenvalue weighted by Crippen LogP contribution is 2.29. The molecule has 0 bridgehead atoms. The Bertz CT molecular complexity index is 1050. The van der Waals surface area contributed by atoms with E-state index in [4.69, 9.17) is 9.97 Å². The summed E-state index contributed by atoms with van der Waals surface area (Å²) in [6.07, 6.45) is 1.65. The summed E-state index contributed by atoms with van der Waals surface area (Å²) in [6, 6.07) is 17.9. The van der Waals surface area contributed by atoms with Crippen LogP contribution in [0.25, 0.3) is 11.4 Å². The maximum absolute atomic E-state index is 12.9. The van der Waals surface area contributed by atoms with Crippen molar-refractivity contribution in [2.24, 2.45) is 0 Å². The zero-order valence-corrected chi connectivity index (χ0v) is 17.7. The SMILES string of the molecule is CCc1cccc(NC(=O)N2CCc3nc(-c4ccccc4)nc(N(C)C)c3C2)c1. The summed E-state index contributed by atoms with van der Waals surface area (Å²) in [7, 11) is 3.96. The molecule has 0 saturated carbocycles. The predicted molar refractivity (Wildman–Crippen MR) is 121 cm³/mol. The van der Waals surface area contributed by atoms with Crippen molar-refractivity contribution in [3.8, 4) is 11.4 Å². The van der Waals surface area contributed by atoms with Crippen LogP contribution in [0.1, 0.15) is 23.7 Å². The molecule has 0 atom stereocenters. The zero-order valence-electron chi connectivity index (χ0n) is 17.7. The molecule has 1 aliphatic rings. The minimum absolute atomic E-state index is 0.0919. The third-order valence-corrected chi connectivity index (χ3v) is 5.37. The normalized spacial score (nSPS) is 13.0. The molecule has 1 aromatic heterocycles. The van der Waals surface area contributed by atoms with Gasteiger partial charge in [-0.25, -0.2) is 14.8 Å². The first-order valence-electron chi connectivity index (χ1n) is 10.3. The second-order valence-electron chi connectivity index (χ2n) is 7.71. The first-order chi connectivity index (χ1) is 14.5. The number of rotatable bonds is 4. The second kappa shape index (κ2) is 8.53. The van der Waals surface area contributed by atoms with Gasteiger partial charge in [-0.15, -0.1) is 0 Å². The van der Waals surface area contributed by atoms with Gasteiger partial charge in [0.1, 0.15) is 5.82 Å². The van der Waals surface area contributed by atoms with Crippen molar-refractivity contribution < 1.29 is 4.79 Å². The molecule has 2 amide bonds. The number of carbonyl (C=O) groups is 1. The third kappa shape index (κ3) is 4.13. The van der Waals surface area contributed by atoms with Crippen molar-refractivity contribution in [1.82, 2.24) is 14.9 Å². The minimum Gasteiger partial charge on any atom is -0.362 e. The molecule has 3 aromatic rings. The number of nitrogens with one attached hydrogen (secondary N) is 1. The van der Waals surface area contributed by atoms with Crippen molar-refractivity contribution in [2.75, 3.05) is 30.9 Å². The maximum atomic E-state index is 12.9. The number of aromatic nitrogens is 2. The quantitative estimate of drug-likeness (QED) is 0.706. The van der Waals surface area contributed by atoms with Crippen LogP contribution < -0.4 is 10.2 Å². The van der Waals surface area contributed by atoms with E-state index in [1.54, 1.807) is 0 Å². The molecule has 0 fully saturated rings. The average molecular weight is 402 g/mol. The number of benzene rings is 2. The highest BCUT2D eigenvalue weighted by Gasteiger charge is 2.26. The molecule has 0 unspecified atom stereocenters. The Labute approximate surface area is 177 Å². The molecule has 0 saturated heterocycles. The number of hydrogen-bond donors (Lipinski definition) is 1. The standard InChI is InChI=1S/C24H27N5O/c1-4-17-9-8-12-19(15-17)25-24(30)29-14-13-21-20(16-29)23(28(2)3)27-22(26-21)18-10-6-5-7-11-18/h5-12,15H,4,13-14,16H2,1-3H3,(H,25,30). The van der Waals surface area contributed by atoms with Gasteiger partial charge in [-0.1, -0.05) is 49.4 Å². The molecular weight excluding hydrogens is 374 g/mol. The fraction of sp³-hybridized carbons (Fsp3) is 0.292. The topological polar surface area (TPSA) is 61.4 Å². The fourth-order valence-electron chi connectivity index (χ4n) is 3.73. The first kappa shape index (κ1) is 19.9. The summed E-state index contributed by atoms with van der Waals surface area (Å²) >= 11 is 0. The van der Waals surface area contributed by atoms with E-state index in [0.29, 0.717) is 19.5 Å². The van der Waals surface area contributed by atoms with E-state index >= 15 is 0 Å². The van der Waals surface area contributed by atoms with Crippen LogP contribution in [0.3, 0.4) is 0 Å². The van der Waals surface area contributed by atoms with E-state index in [0.717, 1.165) is 40.6 Å². The summed E-state index contributed by atoms with van der Waals surface area (Å²) in [5.74, 6) is 1.59. The molecule has 0 spiro atoms. The van der Waals surface area contributed by atoms with E-state index in [2.05, 4.69) is 18.3 Å². The molecule has 2 aromatic carbocycles. The van der Waals surface area contributed by atoms with Gasteiger partial charge in [0, 0.05) is 43.9 Å². The van der Waals surface area contributed by atoms with E-state index in [1.165, 1.54) is 5.56 Å². The van der Waals surface area contributed by atoms with Gasteiger partial charge in [0.2, 0.25) is 0 Å². The molecular formula is C24H27N5O. The Morgan fingerprint density at radius 1 is 1.10 bits per heavy atom. The van der Waals surface area contributed by atoms with Crippen molar-refractivity contribution in [1.29, 1.82) is 0 Å². The number of amides is 2. The van der Waals surface area contributed by atoms with Crippen molar-refractivity contribution in [3.63, 3.8) is 0 Å². The summed E-state index contributed by atoms with van der Waals surface area (Å²) in [4.78, 5) is 26.4. The highest BCUT2D eigenvalue weighted by atomic mass is 16.2. The van der Waals surface area contributed by atoms with E-state index < -0.39 is 0 Å². The number of urea groups is 1. The van der Waals surface area contributed by atoms with Crippen LogP contribution in [0, 0.1) is 0 Å². The molecule has 30 heavy (non-hydrogen) atoms. The number of aryl methyl sites for hydroxylation is 1. The van der Waals surface area contributed by atoms with E-state index in [1.807, 2.05) is 72.4 Å². The second-order valence-corrected chi connectivity index (χ2v) is 7.71. The van der Waals surface area contributed by atoms with Gasteiger partial charge in [0.05, 0.1) is 12.2 Å². The van der Waals surface area contributed by atoms with E-state index in [9.17, 15) is 4.79 Å². The summed E-state index contributed by atoms with van der Waals surface area (Å²) in [5.41, 5.74) is 5.06. The van der Waals surface area contributed by atoms with Crippen LogP contribution >= 0.6 is 0 Å². The molecule has 4 rings (SSSR count). The summed E-state index contributed by atoms with van der Waals surface area (Å²) < 4.78 is 0. The maximum Gasteiger partial charge on any atom is 0.322 e. The van der Waals surface area contributed by atoms with Crippen LogP contribution in [0.15, 0.2) is 54.6 Å². The van der Waals surface area contributed by atoms with Crippen molar-refractivity contribution >= 4 is 17.5 Å². The molecule has 6 nitrogen and oxygen atoms in total. The van der Waals surface area contributed by atoms with Gasteiger partial charge in [0.15, 0.2) is 5.82 Å². The van der Waals surface area contributed by atoms with Crippen LogP contribution in [0.2, 0.25) is 0 Å². The van der Waals surface area contributed by atoms with Crippen LogP contribution in [0.5, 0.6) is 0 Å². The van der Waals surface area contributed by atoms with Crippen LogP contribution in [-0.2, 0) is 19.4 Å². The average Bonchev–Trinajstić information content (AvgIpc) is 2.78.